The molecule has 22 heavy (non-hydrogen) atoms. The number of ether oxygens (including phenoxy) is 1. The third kappa shape index (κ3) is 4.60. The van der Waals surface area contributed by atoms with Crippen LogP contribution < -0.4 is 0 Å². The molecular formula is C17H21ClN2O2. The van der Waals surface area contributed by atoms with Gasteiger partial charge in [0.1, 0.15) is 12.4 Å². The lowest BCUT2D eigenvalue weighted by Crippen LogP contribution is -2.33. The summed E-state index contributed by atoms with van der Waals surface area (Å²) in [6, 6.07) is 7.75. The van der Waals surface area contributed by atoms with Crippen molar-refractivity contribution in [2.75, 3.05) is 0 Å². The maximum atomic E-state index is 12.1. The van der Waals surface area contributed by atoms with Gasteiger partial charge in [-0.15, -0.1) is 0 Å². The van der Waals surface area contributed by atoms with Crippen LogP contribution in [0.3, 0.4) is 0 Å². The number of halogens is 1. The smallest absolute Gasteiger partial charge is 0.419 e. The molecule has 1 atom stereocenters. The summed E-state index contributed by atoms with van der Waals surface area (Å²) >= 11 is 5.89. The molecule has 0 aliphatic heterocycles. The molecule has 0 aliphatic rings. The molecule has 1 unspecified atom stereocenters. The van der Waals surface area contributed by atoms with Crippen molar-refractivity contribution in [1.29, 1.82) is 0 Å². The zero-order chi connectivity index (χ0) is 16.2. The van der Waals surface area contributed by atoms with Gasteiger partial charge in [-0.05, 0) is 36.0 Å². The zero-order valence-corrected chi connectivity index (χ0v) is 13.9. The number of aromatic nitrogens is 2. The molecule has 0 saturated heterocycles. The largest absolute Gasteiger partial charge is 0.445 e. The van der Waals surface area contributed by atoms with E-state index in [2.05, 4.69) is 25.8 Å². The number of hydrogen-bond acceptors (Lipinski definition) is 3. The van der Waals surface area contributed by atoms with Gasteiger partial charge in [0.2, 0.25) is 0 Å². The predicted octanol–water partition coefficient (Wildman–Crippen LogP) is 4.57. The van der Waals surface area contributed by atoms with Crippen molar-refractivity contribution in [1.82, 2.24) is 9.55 Å². The van der Waals surface area contributed by atoms with Crippen LogP contribution in [-0.4, -0.2) is 21.7 Å². The van der Waals surface area contributed by atoms with E-state index in [4.69, 9.17) is 16.3 Å². The second-order valence-corrected chi connectivity index (χ2v) is 6.81. The lowest BCUT2D eigenvalue weighted by atomic mass is 9.85. The molecule has 2 aromatic rings. The lowest BCUT2D eigenvalue weighted by Gasteiger charge is -2.30. The highest BCUT2D eigenvalue weighted by Crippen LogP contribution is 2.27. The van der Waals surface area contributed by atoms with Crippen LogP contribution in [0, 0.1) is 5.41 Å². The second-order valence-electron chi connectivity index (χ2n) is 6.37. The highest BCUT2D eigenvalue weighted by molar-refractivity contribution is 6.30. The van der Waals surface area contributed by atoms with Gasteiger partial charge in [0.25, 0.3) is 0 Å². The fourth-order valence-corrected chi connectivity index (χ4v) is 2.29. The molecule has 0 saturated carbocycles. The van der Waals surface area contributed by atoms with E-state index >= 15 is 0 Å². The average molecular weight is 321 g/mol. The molecule has 4 nitrogen and oxygen atoms in total. The summed E-state index contributed by atoms with van der Waals surface area (Å²) in [7, 11) is 0. The number of carbonyl (C=O) groups excluding carboxylic acids is 1. The first-order chi connectivity index (χ1) is 10.4. The SMILES string of the molecule is CC(C)(C)C(CCc1ccc(Cl)cc1)OC(=O)n1ccnc1. The van der Waals surface area contributed by atoms with Gasteiger partial charge in [-0.2, -0.15) is 0 Å². The van der Waals surface area contributed by atoms with Crippen LogP contribution in [0.2, 0.25) is 5.02 Å². The van der Waals surface area contributed by atoms with Gasteiger partial charge < -0.3 is 4.74 Å². The molecule has 0 bridgehead atoms. The van der Waals surface area contributed by atoms with Gasteiger partial charge in [0.15, 0.2) is 0 Å². The summed E-state index contributed by atoms with van der Waals surface area (Å²) in [6.07, 6.45) is 5.59. The average Bonchev–Trinajstić information content (AvgIpc) is 2.98. The van der Waals surface area contributed by atoms with Gasteiger partial charge in [-0.25, -0.2) is 14.3 Å². The van der Waals surface area contributed by atoms with Crippen LogP contribution in [0.15, 0.2) is 43.0 Å². The van der Waals surface area contributed by atoms with E-state index in [1.165, 1.54) is 16.5 Å². The van der Waals surface area contributed by atoms with E-state index < -0.39 is 6.09 Å². The van der Waals surface area contributed by atoms with Gasteiger partial charge in [-0.3, -0.25) is 0 Å². The van der Waals surface area contributed by atoms with E-state index in [-0.39, 0.29) is 11.5 Å². The van der Waals surface area contributed by atoms with Crippen molar-refractivity contribution in [3.63, 3.8) is 0 Å². The molecule has 0 aliphatic carbocycles. The van der Waals surface area contributed by atoms with Crippen LogP contribution in [-0.2, 0) is 11.2 Å². The summed E-state index contributed by atoms with van der Waals surface area (Å²) in [5.41, 5.74) is 1.04. The zero-order valence-electron chi connectivity index (χ0n) is 13.1. The van der Waals surface area contributed by atoms with Crippen LogP contribution in [0.5, 0.6) is 0 Å². The van der Waals surface area contributed by atoms with Gasteiger partial charge in [0.05, 0.1) is 0 Å². The molecule has 0 amide bonds. The van der Waals surface area contributed by atoms with Crippen molar-refractivity contribution in [3.8, 4) is 0 Å². The monoisotopic (exact) mass is 320 g/mol. The molecule has 1 aromatic carbocycles. The number of hydrogen-bond donors (Lipinski definition) is 0. The van der Waals surface area contributed by atoms with Crippen molar-refractivity contribution < 1.29 is 9.53 Å². The first-order valence-electron chi connectivity index (χ1n) is 7.29. The summed E-state index contributed by atoms with van der Waals surface area (Å²) in [5.74, 6) is 0. The molecule has 118 valence electrons. The van der Waals surface area contributed by atoms with E-state index in [0.29, 0.717) is 0 Å². The quantitative estimate of drug-likeness (QED) is 0.829. The number of imidazole rings is 1. The standard InChI is InChI=1S/C17H21ClN2O2/c1-17(2,3)15(22-16(21)20-11-10-19-12-20)9-6-13-4-7-14(18)8-5-13/h4-5,7-8,10-12,15H,6,9H2,1-3H3. The molecule has 2 rings (SSSR count). The summed E-state index contributed by atoms with van der Waals surface area (Å²) in [6.45, 7) is 6.21. The molecule has 0 fully saturated rings. The fraction of sp³-hybridized carbons (Fsp3) is 0.412. The number of rotatable bonds is 4. The molecule has 1 heterocycles. The third-order valence-corrected chi connectivity index (χ3v) is 3.78. The van der Waals surface area contributed by atoms with Gasteiger partial charge in [0, 0.05) is 17.4 Å². The van der Waals surface area contributed by atoms with Crippen LogP contribution >= 0.6 is 11.6 Å². The minimum Gasteiger partial charge on any atom is -0.445 e. The Bertz CT molecular complexity index is 601. The first kappa shape index (κ1) is 16.6. The van der Waals surface area contributed by atoms with Crippen molar-refractivity contribution in [3.05, 3.63) is 53.6 Å². The molecule has 0 radical (unpaired) electrons. The Morgan fingerprint density at radius 2 is 2.00 bits per heavy atom. The Morgan fingerprint density at radius 3 is 2.55 bits per heavy atom. The number of aryl methyl sites for hydroxylation is 1. The molecule has 0 N–H and O–H groups in total. The van der Waals surface area contributed by atoms with E-state index in [9.17, 15) is 4.79 Å². The minimum atomic E-state index is -0.395. The first-order valence-corrected chi connectivity index (χ1v) is 7.67. The van der Waals surface area contributed by atoms with Crippen molar-refractivity contribution in [2.45, 2.75) is 39.7 Å². The Kier molecular flexibility index (Phi) is 5.24. The topological polar surface area (TPSA) is 44.1 Å². The van der Waals surface area contributed by atoms with Crippen LogP contribution in [0.1, 0.15) is 32.8 Å². The Labute approximate surface area is 136 Å². The summed E-state index contributed by atoms with van der Waals surface area (Å²) in [5, 5.41) is 0.725. The van der Waals surface area contributed by atoms with Crippen LogP contribution in [0.25, 0.3) is 0 Å². The summed E-state index contributed by atoms with van der Waals surface area (Å²) in [4.78, 5) is 16.0. The van der Waals surface area contributed by atoms with E-state index in [0.717, 1.165) is 17.9 Å². The summed E-state index contributed by atoms with van der Waals surface area (Å²) < 4.78 is 7.01. The van der Waals surface area contributed by atoms with Crippen LogP contribution in [0.4, 0.5) is 4.79 Å². The number of benzene rings is 1. The Hall–Kier alpha value is -1.81. The Morgan fingerprint density at radius 1 is 1.32 bits per heavy atom. The maximum Gasteiger partial charge on any atom is 0.419 e. The molecule has 0 spiro atoms. The fourth-order valence-electron chi connectivity index (χ4n) is 2.17. The molecular weight excluding hydrogens is 300 g/mol. The minimum absolute atomic E-state index is 0.136. The third-order valence-electron chi connectivity index (χ3n) is 3.53. The Balaban J connectivity index is 2.00. The lowest BCUT2D eigenvalue weighted by molar-refractivity contribution is 0.0270. The van der Waals surface area contributed by atoms with Crippen molar-refractivity contribution >= 4 is 17.7 Å². The highest BCUT2D eigenvalue weighted by Gasteiger charge is 2.28. The predicted molar refractivity (Wildman–Crippen MR) is 87.1 cm³/mol. The molecule has 1 aromatic heterocycles. The maximum absolute atomic E-state index is 12.1. The van der Waals surface area contributed by atoms with E-state index in [1.54, 1.807) is 12.4 Å². The number of carbonyl (C=O) groups is 1. The molecule has 5 heteroatoms. The number of nitrogens with zero attached hydrogens (tertiary/aromatic N) is 2. The highest BCUT2D eigenvalue weighted by atomic mass is 35.5. The van der Waals surface area contributed by atoms with Crippen molar-refractivity contribution in [2.24, 2.45) is 5.41 Å². The normalized spacial score (nSPS) is 12.9. The van der Waals surface area contributed by atoms with E-state index in [1.807, 2.05) is 24.3 Å². The van der Waals surface area contributed by atoms with Gasteiger partial charge >= 0.3 is 6.09 Å². The second kappa shape index (κ2) is 6.97. The van der Waals surface area contributed by atoms with Gasteiger partial charge in [-0.1, -0.05) is 44.5 Å².